The Balaban J connectivity index is 1.74. The van der Waals surface area contributed by atoms with Gasteiger partial charge >= 0.3 is 0 Å². The molecule has 2 fully saturated rings. The number of rotatable bonds is 1. The predicted molar refractivity (Wildman–Crippen MR) is 83.9 cm³/mol. The minimum Gasteiger partial charge on any atom is -0.367 e. The summed E-state index contributed by atoms with van der Waals surface area (Å²) in [5, 5.41) is 0.802. The summed E-state index contributed by atoms with van der Waals surface area (Å²) in [4.78, 5) is 5.06. The molecular formula is C14H17ClN4S. The van der Waals surface area contributed by atoms with Crippen LogP contribution in [0.1, 0.15) is 19.3 Å². The molecule has 1 unspecified atom stereocenters. The largest absolute Gasteiger partial charge is 0.367 e. The van der Waals surface area contributed by atoms with Gasteiger partial charge in [-0.3, -0.25) is 4.90 Å². The average Bonchev–Trinajstić information content (AvgIpc) is 3.04. The highest BCUT2D eigenvalue weighted by molar-refractivity contribution is 7.00. The van der Waals surface area contributed by atoms with Crippen molar-refractivity contribution < 1.29 is 0 Å². The fourth-order valence-corrected chi connectivity index (χ4v) is 4.33. The summed E-state index contributed by atoms with van der Waals surface area (Å²) in [5.74, 6) is 0. The smallest absolute Gasteiger partial charge is 0.129 e. The van der Waals surface area contributed by atoms with E-state index in [2.05, 4.69) is 18.5 Å². The van der Waals surface area contributed by atoms with E-state index in [1.165, 1.54) is 44.1 Å². The topological polar surface area (TPSA) is 32.3 Å². The lowest BCUT2D eigenvalue weighted by Crippen LogP contribution is -2.36. The van der Waals surface area contributed by atoms with Gasteiger partial charge in [-0.2, -0.15) is 8.75 Å². The Labute approximate surface area is 127 Å². The fourth-order valence-electron chi connectivity index (χ4n) is 3.52. The van der Waals surface area contributed by atoms with Crippen LogP contribution in [-0.4, -0.2) is 45.9 Å². The molecule has 4 nitrogen and oxygen atoms in total. The van der Waals surface area contributed by atoms with Gasteiger partial charge in [-0.25, -0.2) is 0 Å². The molecular weight excluding hydrogens is 292 g/mol. The van der Waals surface area contributed by atoms with Crippen LogP contribution in [0.4, 0.5) is 5.69 Å². The Bertz CT molecular complexity index is 629. The second kappa shape index (κ2) is 5.13. The second-order valence-corrected chi connectivity index (χ2v) is 6.60. The van der Waals surface area contributed by atoms with Crippen molar-refractivity contribution in [3.63, 3.8) is 0 Å². The highest BCUT2D eigenvalue weighted by Crippen LogP contribution is 2.35. The fraction of sp³-hybridized carbons (Fsp3) is 0.571. The summed E-state index contributed by atoms with van der Waals surface area (Å²) >= 11 is 7.74. The first-order valence-electron chi connectivity index (χ1n) is 7.23. The van der Waals surface area contributed by atoms with Gasteiger partial charge in [0, 0.05) is 25.7 Å². The molecule has 106 valence electrons. The average molecular weight is 309 g/mol. The van der Waals surface area contributed by atoms with Gasteiger partial charge in [-0.1, -0.05) is 11.6 Å². The molecule has 0 spiro atoms. The van der Waals surface area contributed by atoms with Gasteiger partial charge in [0.05, 0.1) is 22.4 Å². The van der Waals surface area contributed by atoms with Crippen LogP contribution < -0.4 is 4.90 Å². The second-order valence-electron chi connectivity index (χ2n) is 5.66. The third kappa shape index (κ3) is 2.08. The lowest BCUT2D eigenvalue weighted by molar-refractivity contribution is 0.273. The quantitative estimate of drug-likeness (QED) is 0.810. The number of hydrogen-bond donors (Lipinski definition) is 0. The lowest BCUT2D eigenvalue weighted by Gasteiger charge is -2.28. The van der Waals surface area contributed by atoms with Crippen molar-refractivity contribution in [3.8, 4) is 0 Å². The van der Waals surface area contributed by atoms with Crippen LogP contribution in [0.3, 0.4) is 0 Å². The number of nitrogens with zero attached hydrogens (tertiary/aromatic N) is 4. The molecule has 1 aromatic heterocycles. The lowest BCUT2D eigenvalue weighted by atomic mass is 10.2. The van der Waals surface area contributed by atoms with Crippen molar-refractivity contribution in [1.82, 2.24) is 13.6 Å². The molecule has 2 saturated heterocycles. The van der Waals surface area contributed by atoms with Crippen LogP contribution in [0.15, 0.2) is 12.1 Å². The zero-order valence-corrected chi connectivity index (χ0v) is 12.8. The molecule has 2 aromatic rings. The number of benzene rings is 1. The maximum Gasteiger partial charge on any atom is 0.129 e. The van der Waals surface area contributed by atoms with E-state index in [4.69, 9.17) is 11.6 Å². The molecule has 6 heteroatoms. The van der Waals surface area contributed by atoms with Crippen molar-refractivity contribution in [2.75, 3.05) is 31.1 Å². The van der Waals surface area contributed by atoms with Gasteiger partial charge in [0.1, 0.15) is 11.0 Å². The molecule has 3 heterocycles. The molecule has 0 N–H and O–H groups in total. The molecule has 0 bridgehead atoms. The highest BCUT2D eigenvalue weighted by atomic mass is 35.5. The maximum atomic E-state index is 6.47. The standard InChI is InChI=1S/C14H17ClN4S/c15-11-4-5-12-13(17-20-16-12)14(11)19-8-2-7-18-6-1-3-10(18)9-19/h4-5,10H,1-3,6-9H2. The van der Waals surface area contributed by atoms with E-state index in [-0.39, 0.29) is 0 Å². The molecule has 0 saturated carbocycles. The molecule has 2 aliphatic rings. The summed E-state index contributed by atoms with van der Waals surface area (Å²) in [6.45, 7) is 4.60. The molecule has 0 radical (unpaired) electrons. The monoisotopic (exact) mass is 308 g/mol. The first kappa shape index (κ1) is 12.8. The summed E-state index contributed by atoms with van der Waals surface area (Å²) < 4.78 is 8.80. The molecule has 4 rings (SSSR count). The van der Waals surface area contributed by atoms with E-state index in [0.717, 1.165) is 34.8 Å². The van der Waals surface area contributed by atoms with Crippen molar-refractivity contribution in [2.45, 2.75) is 25.3 Å². The molecule has 0 amide bonds. The van der Waals surface area contributed by atoms with E-state index in [1.807, 2.05) is 12.1 Å². The van der Waals surface area contributed by atoms with Crippen molar-refractivity contribution in [3.05, 3.63) is 17.2 Å². The molecule has 20 heavy (non-hydrogen) atoms. The Hall–Kier alpha value is -0.910. The van der Waals surface area contributed by atoms with Crippen LogP contribution in [-0.2, 0) is 0 Å². The van der Waals surface area contributed by atoms with E-state index in [9.17, 15) is 0 Å². The van der Waals surface area contributed by atoms with Gasteiger partial charge in [0.15, 0.2) is 0 Å². The predicted octanol–water partition coefficient (Wildman–Crippen LogP) is 3.02. The summed E-state index contributed by atoms with van der Waals surface area (Å²) in [6, 6.07) is 4.60. The summed E-state index contributed by atoms with van der Waals surface area (Å²) in [6.07, 6.45) is 3.83. The maximum absolute atomic E-state index is 6.47. The van der Waals surface area contributed by atoms with Crippen LogP contribution in [0.5, 0.6) is 0 Å². The Morgan fingerprint density at radius 2 is 2.05 bits per heavy atom. The van der Waals surface area contributed by atoms with Crippen LogP contribution in [0.2, 0.25) is 5.02 Å². The van der Waals surface area contributed by atoms with Gasteiger partial charge in [-0.05, 0) is 37.9 Å². The Kier molecular flexibility index (Phi) is 3.28. The van der Waals surface area contributed by atoms with Crippen molar-refractivity contribution >= 4 is 40.0 Å². The molecule has 2 aliphatic heterocycles. The zero-order valence-electron chi connectivity index (χ0n) is 11.3. The number of anilines is 1. The van der Waals surface area contributed by atoms with Crippen molar-refractivity contribution in [2.24, 2.45) is 0 Å². The number of hydrogen-bond acceptors (Lipinski definition) is 5. The van der Waals surface area contributed by atoms with Gasteiger partial charge < -0.3 is 4.90 Å². The van der Waals surface area contributed by atoms with Gasteiger partial charge in [0.2, 0.25) is 0 Å². The van der Waals surface area contributed by atoms with Crippen LogP contribution >= 0.6 is 23.3 Å². The summed E-state index contributed by atoms with van der Waals surface area (Å²) in [5.41, 5.74) is 3.02. The summed E-state index contributed by atoms with van der Waals surface area (Å²) in [7, 11) is 0. The third-order valence-electron chi connectivity index (χ3n) is 4.47. The van der Waals surface area contributed by atoms with Gasteiger partial charge in [0.25, 0.3) is 0 Å². The number of aromatic nitrogens is 2. The number of fused-ring (bicyclic) bond motifs is 2. The zero-order chi connectivity index (χ0) is 13.5. The normalized spacial score (nSPS) is 24.1. The Morgan fingerprint density at radius 3 is 3.00 bits per heavy atom. The minimum atomic E-state index is 0.676. The van der Waals surface area contributed by atoms with Crippen molar-refractivity contribution in [1.29, 1.82) is 0 Å². The SMILES string of the molecule is Clc1ccc2nsnc2c1N1CCCN2CCCC2C1. The first-order chi connectivity index (χ1) is 9.83. The number of halogens is 1. The van der Waals surface area contributed by atoms with E-state index in [0.29, 0.717) is 6.04 Å². The van der Waals surface area contributed by atoms with Crippen LogP contribution in [0.25, 0.3) is 11.0 Å². The van der Waals surface area contributed by atoms with E-state index >= 15 is 0 Å². The van der Waals surface area contributed by atoms with Gasteiger partial charge in [-0.15, -0.1) is 0 Å². The molecule has 1 aromatic carbocycles. The third-order valence-corrected chi connectivity index (χ3v) is 5.32. The van der Waals surface area contributed by atoms with E-state index in [1.54, 1.807) is 0 Å². The molecule has 1 atom stereocenters. The Morgan fingerprint density at radius 1 is 1.15 bits per heavy atom. The molecule has 0 aliphatic carbocycles. The highest BCUT2D eigenvalue weighted by Gasteiger charge is 2.30. The van der Waals surface area contributed by atoms with Crippen LogP contribution in [0, 0.1) is 0 Å². The van der Waals surface area contributed by atoms with E-state index < -0.39 is 0 Å². The first-order valence-corrected chi connectivity index (χ1v) is 8.33. The minimum absolute atomic E-state index is 0.676.